The molecular formula is C26H24N6OS. The maximum absolute atomic E-state index is 13.0. The monoisotopic (exact) mass is 468 g/mol. The zero-order valence-corrected chi connectivity index (χ0v) is 19.8. The van der Waals surface area contributed by atoms with Gasteiger partial charge in [0.15, 0.2) is 11.0 Å². The Morgan fingerprint density at radius 1 is 1.12 bits per heavy atom. The molecule has 0 bridgehead atoms. The molecule has 0 radical (unpaired) electrons. The van der Waals surface area contributed by atoms with Gasteiger partial charge in [-0.05, 0) is 31.5 Å². The minimum Gasteiger partial charge on any atom is -0.310 e. The van der Waals surface area contributed by atoms with E-state index in [4.69, 9.17) is 0 Å². The normalized spacial score (nSPS) is 10.6. The van der Waals surface area contributed by atoms with E-state index in [1.807, 2.05) is 83.6 Å². The highest BCUT2D eigenvalue weighted by Crippen LogP contribution is 2.30. The van der Waals surface area contributed by atoms with E-state index in [-0.39, 0.29) is 11.7 Å². The first-order chi connectivity index (χ1) is 16.5. The number of carbonyl (C=O) groups is 1. The number of allylic oxidation sites excluding steroid dienone is 1. The number of nitrogens with zero attached hydrogens (tertiary/aromatic N) is 5. The Kier molecular flexibility index (Phi) is 6.95. The van der Waals surface area contributed by atoms with Gasteiger partial charge in [-0.3, -0.25) is 13.9 Å². The maximum atomic E-state index is 13.0. The number of hydrogen-bond acceptors (Lipinski definition) is 5. The smallest absolute Gasteiger partial charge is 0.236 e. The van der Waals surface area contributed by atoms with Gasteiger partial charge in [-0.25, -0.2) is 0 Å². The van der Waals surface area contributed by atoms with Crippen molar-refractivity contribution in [3.05, 3.63) is 90.1 Å². The molecule has 0 unspecified atom stereocenters. The fourth-order valence-electron chi connectivity index (χ4n) is 3.75. The van der Waals surface area contributed by atoms with Gasteiger partial charge < -0.3 is 5.32 Å². The van der Waals surface area contributed by atoms with Crippen LogP contribution in [0.15, 0.2) is 78.5 Å². The SMILES string of the molecule is C=CCn1c(SCC(=O)Nc2c(C#N)c(C)c(C)n2-c2ccccc2)nnc1-c1ccccc1. The van der Waals surface area contributed by atoms with Crippen molar-refractivity contribution in [1.29, 1.82) is 5.26 Å². The molecule has 0 spiro atoms. The van der Waals surface area contributed by atoms with E-state index in [0.29, 0.717) is 23.1 Å². The predicted octanol–water partition coefficient (Wildman–Crippen LogP) is 5.14. The van der Waals surface area contributed by atoms with Gasteiger partial charge in [0.2, 0.25) is 5.91 Å². The van der Waals surface area contributed by atoms with Crippen LogP contribution in [0.5, 0.6) is 0 Å². The summed E-state index contributed by atoms with van der Waals surface area (Å²) in [5, 5.41) is 22.0. The Hall–Kier alpha value is -4.09. The van der Waals surface area contributed by atoms with Crippen molar-refractivity contribution >= 4 is 23.5 Å². The number of aromatic nitrogens is 4. The van der Waals surface area contributed by atoms with Crippen LogP contribution in [-0.2, 0) is 11.3 Å². The lowest BCUT2D eigenvalue weighted by Gasteiger charge is -2.13. The zero-order valence-electron chi connectivity index (χ0n) is 19.0. The van der Waals surface area contributed by atoms with Crippen molar-refractivity contribution in [2.75, 3.05) is 11.1 Å². The fraction of sp³-hybridized carbons (Fsp3) is 0.154. The van der Waals surface area contributed by atoms with Gasteiger partial charge in [0.1, 0.15) is 11.9 Å². The molecule has 34 heavy (non-hydrogen) atoms. The van der Waals surface area contributed by atoms with Crippen molar-refractivity contribution in [2.24, 2.45) is 0 Å². The van der Waals surface area contributed by atoms with Gasteiger partial charge in [-0.1, -0.05) is 66.4 Å². The summed E-state index contributed by atoms with van der Waals surface area (Å²) in [7, 11) is 0. The van der Waals surface area contributed by atoms with E-state index >= 15 is 0 Å². The molecule has 0 saturated carbocycles. The summed E-state index contributed by atoms with van der Waals surface area (Å²) in [5.74, 6) is 1.09. The number of rotatable bonds is 8. The first-order valence-electron chi connectivity index (χ1n) is 10.7. The summed E-state index contributed by atoms with van der Waals surface area (Å²) in [5.41, 5.74) is 4.03. The van der Waals surface area contributed by atoms with E-state index < -0.39 is 0 Å². The summed E-state index contributed by atoms with van der Waals surface area (Å²) < 4.78 is 3.84. The van der Waals surface area contributed by atoms with Gasteiger partial charge in [-0.2, -0.15) is 5.26 Å². The average Bonchev–Trinajstić information content (AvgIpc) is 3.36. The van der Waals surface area contributed by atoms with Crippen LogP contribution < -0.4 is 5.32 Å². The van der Waals surface area contributed by atoms with Crippen LogP contribution in [0, 0.1) is 25.2 Å². The van der Waals surface area contributed by atoms with Crippen molar-refractivity contribution in [1.82, 2.24) is 19.3 Å². The molecule has 2 aromatic carbocycles. The second-order valence-corrected chi connectivity index (χ2v) is 8.57. The standard InChI is InChI=1S/C26H24N6OS/c1-4-15-31-24(20-11-7-5-8-12-20)29-30-26(31)34-17-23(33)28-25-22(16-27)18(2)19(3)32(25)21-13-9-6-10-14-21/h4-14H,1,15,17H2,2-3H3,(H,28,33). The topological polar surface area (TPSA) is 88.5 Å². The first-order valence-corrected chi connectivity index (χ1v) is 11.7. The zero-order chi connectivity index (χ0) is 24.1. The molecule has 0 aliphatic carbocycles. The molecule has 1 amide bonds. The molecule has 4 aromatic rings. The van der Waals surface area contributed by atoms with Gasteiger partial charge in [0, 0.05) is 23.5 Å². The number of thioether (sulfide) groups is 1. The van der Waals surface area contributed by atoms with Crippen LogP contribution >= 0.6 is 11.8 Å². The van der Waals surface area contributed by atoms with E-state index in [9.17, 15) is 10.1 Å². The molecule has 0 saturated heterocycles. The number of para-hydroxylation sites is 1. The van der Waals surface area contributed by atoms with Gasteiger partial charge >= 0.3 is 0 Å². The van der Waals surface area contributed by atoms with Crippen LogP contribution in [-0.4, -0.2) is 31.0 Å². The molecular weight excluding hydrogens is 444 g/mol. The Morgan fingerprint density at radius 3 is 2.44 bits per heavy atom. The number of anilines is 1. The number of carbonyl (C=O) groups excluding carboxylic acids is 1. The van der Waals surface area contributed by atoms with Crippen molar-refractivity contribution in [3.8, 4) is 23.1 Å². The summed E-state index contributed by atoms with van der Waals surface area (Å²) in [4.78, 5) is 13.0. The molecule has 0 aliphatic heterocycles. The van der Waals surface area contributed by atoms with Gasteiger partial charge in [0.05, 0.1) is 11.3 Å². The Balaban J connectivity index is 1.57. The molecule has 7 nitrogen and oxygen atoms in total. The molecule has 8 heteroatoms. The number of benzene rings is 2. The van der Waals surface area contributed by atoms with Crippen molar-refractivity contribution < 1.29 is 4.79 Å². The Morgan fingerprint density at radius 2 is 1.79 bits per heavy atom. The summed E-state index contributed by atoms with van der Waals surface area (Å²) in [6.45, 7) is 8.19. The third kappa shape index (κ3) is 4.51. The van der Waals surface area contributed by atoms with Crippen LogP contribution in [0.2, 0.25) is 0 Å². The van der Waals surface area contributed by atoms with E-state index in [1.165, 1.54) is 11.8 Å². The quantitative estimate of drug-likeness (QED) is 0.286. The number of nitrogens with one attached hydrogen (secondary N) is 1. The molecule has 170 valence electrons. The largest absolute Gasteiger partial charge is 0.310 e. The highest BCUT2D eigenvalue weighted by molar-refractivity contribution is 7.99. The Bertz CT molecular complexity index is 1370. The molecule has 0 atom stereocenters. The van der Waals surface area contributed by atoms with Gasteiger partial charge in [0.25, 0.3) is 0 Å². The minimum atomic E-state index is -0.231. The van der Waals surface area contributed by atoms with Gasteiger partial charge in [-0.15, -0.1) is 16.8 Å². The first kappa shape index (κ1) is 23.1. The maximum Gasteiger partial charge on any atom is 0.236 e. The van der Waals surface area contributed by atoms with Crippen LogP contribution in [0.3, 0.4) is 0 Å². The molecule has 1 N–H and O–H groups in total. The third-order valence-corrected chi connectivity index (χ3v) is 6.46. The third-order valence-electron chi connectivity index (χ3n) is 5.49. The lowest BCUT2D eigenvalue weighted by atomic mass is 10.2. The summed E-state index contributed by atoms with van der Waals surface area (Å²) >= 11 is 1.29. The molecule has 2 aromatic heterocycles. The lowest BCUT2D eigenvalue weighted by molar-refractivity contribution is -0.113. The lowest BCUT2D eigenvalue weighted by Crippen LogP contribution is -2.18. The number of hydrogen-bond donors (Lipinski definition) is 1. The van der Waals surface area contributed by atoms with E-state index in [1.54, 1.807) is 6.08 Å². The average molecular weight is 469 g/mol. The van der Waals surface area contributed by atoms with Crippen molar-refractivity contribution in [3.63, 3.8) is 0 Å². The predicted molar refractivity (Wildman–Crippen MR) is 135 cm³/mol. The highest BCUT2D eigenvalue weighted by Gasteiger charge is 2.21. The molecule has 0 aliphatic rings. The van der Waals surface area contributed by atoms with E-state index in [0.717, 1.165) is 28.3 Å². The Labute approximate surface area is 202 Å². The number of nitriles is 1. The molecule has 4 rings (SSSR count). The summed E-state index contributed by atoms with van der Waals surface area (Å²) in [6, 6.07) is 21.7. The van der Waals surface area contributed by atoms with Crippen LogP contribution in [0.1, 0.15) is 16.8 Å². The minimum absolute atomic E-state index is 0.118. The van der Waals surface area contributed by atoms with Crippen LogP contribution in [0.4, 0.5) is 5.82 Å². The van der Waals surface area contributed by atoms with Crippen LogP contribution in [0.25, 0.3) is 17.1 Å². The van der Waals surface area contributed by atoms with Crippen molar-refractivity contribution in [2.45, 2.75) is 25.5 Å². The fourth-order valence-corrected chi connectivity index (χ4v) is 4.50. The van der Waals surface area contributed by atoms with E-state index in [2.05, 4.69) is 28.2 Å². The highest BCUT2D eigenvalue weighted by atomic mass is 32.2. The second kappa shape index (κ2) is 10.2. The number of amides is 1. The second-order valence-electron chi connectivity index (χ2n) is 7.63. The summed E-state index contributed by atoms with van der Waals surface area (Å²) in [6.07, 6.45) is 1.78. The molecule has 2 heterocycles. The molecule has 0 fully saturated rings.